The molecule has 1 saturated carbocycles. The van der Waals surface area contributed by atoms with Crippen LogP contribution in [0.15, 0.2) is 29.2 Å². The maximum Gasteiger partial charge on any atom is 0.269 e. The van der Waals surface area contributed by atoms with Crippen LogP contribution in [0.25, 0.3) is 0 Å². The molecule has 100 valence electrons. The standard InChI is InChI=1S/C14H17N3OS/c1-2-12-5-6-13(19-12)9-17-14(18)7-11(8-15-17)16-10-3-4-10/h5-8,10,16H,2-4,9H2,1H3. The van der Waals surface area contributed by atoms with Gasteiger partial charge in [-0.2, -0.15) is 5.10 Å². The number of anilines is 1. The smallest absolute Gasteiger partial charge is 0.269 e. The van der Waals surface area contributed by atoms with Gasteiger partial charge in [-0.3, -0.25) is 4.79 Å². The van der Waals surface area contributed by atoms with Crippen molar-refractivity contribution in [2.75, 3.05) is 5.32 Å². The van der Waals surface area contributed by atoms with E-state index in [2.05, 4.69) is 29.5 Å². The summed E-state index contributed by atoms with van der Waals surface area (Å²) in [6.07, 6.45) is 5.17. The molecule has 0 atom stereocenters. The van der Waals surface area contributed by atoms with Crippen LogP contribution in [0.4, 0.5) is 5.69 Å². The Balaban J connectivity index is 1.74. The van der Waals surface area contributed by atoms with Crippen LogP contribution in [-0.2, 0) is 13.0 Å². The van der Waals surface area contributed by atoms with Gasteiger partial charge in [-0.15, -0.1) is 11.3 Å². The van der Waals surface area contributed by atoms with E-state index in [0.717, 1.165) is 12.1 Å². The second-order valence-corrected chi connectivity index (χ2v) is 6.13. The van der Waals surface area contributed by atoms with Crippen molar-refractivity contribution in [2.45, 2.75) is 38.8 Å². The van der Waals surface area contributed by atoms with Gasteiger partial charge >= 0.3 is 0 Å². The number of aromatic nitrogens is 2. The highest BCUT2D eigenvalue weighted by atomic mass is 32.1. The Labute approximate surface area is 116 Å². The summed E-state index contributed by atoms with van der Waals surface area (Å²) in [5.41, 5.74) is 0.793. The maximum atomic E-state index is 12.0. The zero-order valence-electron chi connectivity index (χ0n) is 10.9. The molecule has 0 aromatic carbocycles. The Morgan fingerprint density at radius 3 is 2.84 bits per heavy atom. The van der Waals surface area contributed by atoms with Gasteiger partial charge in [0, 0.05) is 21.9 Å². The lowest BCUT2D eigenvalue weighted by Crippen LogP contribution is -2.23. The van der Waals surface area contributed by atoms with Crippen molar-refractivity contribution in [1.82, 2.24) is 9.78 Å². The lowest BCUT2D eigenvalue weighted by Gasteiger charge is -2.06. The van der Waals surface area contributed by atoms with Crippen LogP contribution < -0.4 is 10.9 Å². The van der Waals surface area contributed by atoms with Crippen molar-refractivity contribution in [3.63, 3.8) is 0 Å². The second-order valence-electron chi connectivity index (χ2n) is 4.88. The van der Waals surface area contributed by atoms with Crippen LogP contribution in [0.5, 0.6) is 0 Å². The van der Waals surface area contributed by atoms with Gasteiger partial charge in [0.15, 0.2) is 0 Å². The molecule has 0 spiro atoms. The van der Waals surface area contributed by atoms with E-state index in [1.165, 1.54) is 27.3 Å². The Kier molecular flexibility index (Phi) is 3.38. The summed E-state index contributed by atoms with van der Waals surface area (Å²) in [7, 11) is 0. The highest BCUT2D eigenvalue weighted by Gasteiger charge is 2.21. The predicted molar refractivity (Wildman–Crippen MR) is 77.9 cm³/mol. The number of thiophene rings is 1. The number of aryl methyl sites for hydroxylation is 1. The Morgan fingerprint density at radius 1 is 1.42 bits per heavy atom. The number of hydrogen-bond donors (Lipinski definition) is 1. The summed E-state index contributed by atoms with van der Waals surface area (Å²) in [4.78, 5) is 14.5. The first kappa shape index (κ1) is 12.4. The topological polar surface area (TPSA) is 46.9 Å². The van der Waals surface area contributed by atoms with Gasteiger partial charge in [0.25, 0.3) is 5.56 Å². The van der Waals surface area contributed by atoms with E-state index in [-0.39, 0.29) is 5.56 Å². The molecule has 1 aliphatic carbocycles. The first-order chi connectivity index (χ1) is 9.24. The van der Waals surface area contributed by atoms with Gasteiger partial charge in [0.2, 0.25) is 0 Å². The zero-order valence-corrected chi connectivity index (χ0v) is 11.7. The van der Waals surface area contributed by atoms with E-state index >= 15 is 0 Å². The molecule has 3 rings (SSSR count). The first-order valence-electron chi connectivity index (χ1n) is 6.66. The van der Waals surface area contributed by atoms with Gasteiger partial charge in [-0.25, -0.2) is 4.68 Å². The van der Waals surface area contributed by atoms with E-state index < -0.39 is 0 Å². The Morgan fingerprint density at radius 2 is 2.21 bits per heavy atom. The fourth-order valence-electron chi connectivity index (χ4n) is 1.94. The molecule has 1 aliphatic rings. The lowest BCUT2D eigenvalue weighted by molar-refractivity contribution is 0.646. The molecule has 2 heterocycles. The van der Waals surface area contributed by atoms with Gasteiger partial charge in [-0.1, -0.05) is 6.92 Å². The molecule has 1 N–H and O–H groups in total. The zero-order chi connectivity index (χ0) is 13.2. The highest BCUT2D eigenvalue weighted by molar-refractivity contribution is 7.11. The average Bonchev–Trinajstić information content (AvgIpc) is 3.09. The molecule has 0 bridgehead atoms. The van der Waals surface area contributed by atoms with E-state index in [9.17, 15) is 4.79 Å². The molecule has 19 heavy (non-hydrogen) atoms. The summed E-state index contributed by atoms with van der Waals surface area (Å²) in [5.74, 6) is 0. The van der Waals surface area contributed by atoms with Crippen LogP contribution in [-0.4, -0.2) is 15.8 Å². The van der Waals surface area contributed by atoms with E-state index in [1.54, 1.807) is 23.6 Å². The van der Waals surface area contributed by atoms with Crippen molar-refractivity contribution in [3.8, 4) is 0 Å². The molecular weight excluding hydrogens is 258 g/mol. The van der Waals surface area contributed by atoms with Crippen molar-refractivity contribution < 1.29 is 0 Å². The number of rotatable bonds is 5. The molecule has 1 fully saturated rings. The molecule has 4 nitrogen and oxygen atoms in total. The van der Waals surface area contributed by atoms with Crippen LogP contribution in [0.2, 0.25) is 0 Å². The molecule has 2 aromatic rings. The molecule has 0 aliphatic heterocycles. The molecule has 0 saturated heterocycles. The fourth-order valence-corrected chi connectivity index (χ4v) is 2.88. The van der Waals surface area contributed by atoms with Gasteiger partial charge in [0.05, 0.1) is 18.4 Å². The minimum atomic E-state index is -0.0444. The van der Waals surface area contributed by atoms with Crippen molar-refractivity contribution in [1.29, 1.82) is 0 Å². The van der Waals surface area contributed by atoms with E-state index in [1.807, 2.05) is 0 Å². The molecule has 0 amide bonds. The largest absolute Gasteiger partial charge is 0.381 e. The van der Waals surface area contributed by atoms with E-state index in [4.69, 9.17) is 0 Å². The SMILES string of the molecule is CCc1ccc(Cn2ncc(NC3CC3)cc2=O)s1. The Bertz CT molecular complexity index is 628. The minimum absolute atomic E-state index is 0.0444. The van der Waals surface area contributed by atoms with Crippen LogP contribution >= 0.6 is 11.3 Å². The third-order valence-electron chi connectivity index (χ3n) is 3.19. The van der Waals surface area contributed by atoms with Gasteiger partial charge in [0.1, 0.15) is 0 Å². The van der Waals surface area contributed by atoms with Crippen LogP contribution in [0.1, 0.15) is 29.5 Å². The van der Waals surface area contributed by atoms with Gasteiger partial charge in [-0.05, 0) is 31.4 Å². The quantitative estimate of drug-likeness (QED) is 0.912. The number of hydrogen-bond acceptors (Lipinski definition) is 4. The molecule has 0 unspecified atom stereocenters. The first-order valence-corrected chi connectivity index (χ1v) is 7.47. The summed E-state index contributed by atoms with van der Waals surface area (Å²) >= 11 is 1.75. The third kappa shape index (κ3) is 3.04. The molecule has 5 heteroatoms. The van der Waals surface area contributed by atoms with Crippen LogP contribution in [0, 0.1) is 0 Å². The minimum Gasteiger partial charge on any atom is -0.381 e. The van der Waals surface area contributed by atoms with Crippen molar-refractivity contribution in [3.05, 3.63) is 44.5 Å². The highest BCUT2D eigenvalue weighted by Crippen LogP contribution is 2.23. The van der Waals surface area contributed by atoms with E-state index in [0.29, 0.717) is 12.6 Å². The summed E-state index contributed by atoms with van der Waals surface area (Å²) in [5, 5.41) is 7.53. The molecular formula is C14H17N3OS. The van der Waals surface area contributed by atoms with Crippen molar-refractivity contribution >= 4 is 17.0 Å². The van der Waals surface area contributed by atoms with Crippen LogP contribution in [0.3, 0.4) is 0 Å². The number of nitrogens with zero attached hydrogens (tertiary/aromatic N) is 2. The summed E-state index contributed by atoms with van der Waals surface area (Å²) in [6, 6.07) is 6.38. The lowest BCUT2D eigenvalue weighted by atomic mass is 10.3. The van der Waals surface area contributed by atoms with Gasteiger partial charge < -0.3 is 5.32 Å². The fraction of sp³-hybridized carbons (Fsp3) is 0.429. The molecule has 2 aromatic heterocycles. The maximum absolute atomic E-state index is 12.0. The summed E-state index contributed by atoms with van der Waals surface area (Å²) in [6.45, 7) is 2.70. The normalized spacial score (nSPS) is 14.6. The second kappa shape index (κ2) is 5.17. The summed E-state index contributed by atoms with van der Waals surface area (Å²) < 4.78 is 1.52. The third-order valence-corrected chi connectivity index (χ3v) is 4.40. The predicted octanol–water partition coefficient (Wildman–Crippen LogP) is 2.49. The number of nitrogens with one attached hydrogen (secondary N) is 1. The molecule has 0 radical (unpaired) electrons. The monoisotopic (exact) mass is 275 g/mol. The average molecular weight is 275 g/mol. The Hall–Kier alpha value is -1.62. The van der Waals surface area contributed by atoms with Crippen molar-refractivity contribution in [2.24, 2.45) is 0 Å².